The number of carbonyl (C=O) groups is 2. The quantitative estimate of drug-likeness (QED) is 0.537. The van der Waals surface area contributed by atoms with Crippen LogP contribution in [0.1, 0.15) is 37.4 Å². The maximum atomic E-state index is 12.2. The van der Waals surface area contributed by atoms with Crippen molar-refractivity contribution in [3.63, 3.8) is 0 Å². The number of hydrogen-bond donors (Lipinski definition) is 0. The predicted octanol–water partition coefficient (Wildman–Crippen LogP) is 4.27. The van der Waals surface area contributed by atoms with Crippen molar-refractivity contribution in [2.75, 3.05) is 6.61 Å². The van der Waals surface area contributed by atoms with Crippen molar-refractivity contribution in [1.82, 2.24) is 4.57 Å². The number of aromatic nitrogens is 1. The Morgan fingerprint density at radius 3 is 2.62 bits per heavy atom. The number of hydrogen-bond acceptors (Lipinski definition) is 5. The maximum Gasteiger partial charge on any atom is 0.419 e. The minimum Gasteiger partial charge on any atom is -0.462 e. The van der Waals surface area contributed by atoms with Crippen LogP contribution in [0.4, 0.5) is 4.79 Å². The molecule has 0 saturated carbocycles. The van der Waals surface area contributed by atoms with Crippen LogP contribution in [0.25, 0.3) is 10.2 Å². The van der Waals surface area contributed by atoms with Crippen LogP contribution in [0.15, 0.2) is 12.3 Å². The van der Waals surface area contributed by atoms with E-state index in [9.17, 15) is 9.59 Å². The second-order valence-corrected chi connectivity index (χ2v) is 7.59. The van der Waals surface area contributed by atoms with Gasteiger partial charge >= 0.3 is 12.1 Å². The Morgan fingerprint density at radius 1 is 1.38 bits per heavy atom. The zero-order chi connectivity index (χ0) is 15.8. The number of nitrogens with zero attached hydrogens (tertiary/aromatic N) is 1. The van der Waals surface area contributed by atoms with E-state index in [1.54, 1.807) is 19.2 Å². The standard InChI is InChI=1S/C14H16INO4S/c1-5-19-12(17)10-6-9-11(21-10)8(15)7-16(9)13(18)20-14(2,3)4/h6-7H,5H2,1-4H3. The van der Waals surface area contributed by atoms with Gasteiger partial charge in [-0.05, 0) is 56.4 Å². The summed E-state index contributed by atoms with van der Waals surface area (Å²) in [5.74, 6) is -0.370. The molecule has 0 aromatic carbocycles. The molecule has 0 fully saturated rings. The summed E-state index contributed by atoms with van der Waals surface area (Å²) >= 11 is 3.45. The average Bonchev–Trinajstić information content (AvgIpc) is 2.88. The molecular formula is C14H16INO4S. The van der Waals surface area contributed by atoms with E-state index < -0.39 is 11.7 Å². The van der Waals surface area contributed by atoms with Gasteiger partial charge in [0.05, 0.1) is 16.8 Å². The summed E-state index contributed by atoms with van der Waals surface area (Å²) in [5, 5.41) is 0. The van der Waals surface area contributed by atoms with E-state index >= 15 is 0 Å². The Kier molecular flexibility index (Phi) is 4.62. The summed E-state index contributed by atoms with van der Waals surface area (Å²) < 4.78 is 13.6. The summed E-state index contributed by atoms with van der Waals surface area (Å²) in [6.45, 7) is 7.52. The summed E-state index contributed by atoms with van der Waals surface area (Å²) in [5.41, 5.74) is 0.0979. The van der Waals surface area contributed by atoms with Crippen LogP contribution < -0.4 is 0 Å². The fraction of sp³-hybridized carbons (Fsp3) is 0.429. The lowest BCUT2D eigenvalue weighted by molar-refractivity contribution is 0.0523. The van der Waals surface area contributed by atoms with E-state index in [1.807, 2.05) is 20.8 Å². The van der Waals surface area contributed by atoms with E-state index in [0.29, 0.717) is 17.0 Å². The molecule has 0 radical (unpaired) electrons. The van der Waals surface area contributed by atoms with Gasteiger partial charge in [0, 0.05) is 9.77 Å². The number of rotatable bonds is 2. The molecule has 0 aliphatic rings. The van der Waals surface area contributed by atoms with Crippen molar-refractivity contribution in [1.29, 1.82) is 0 Å². The molecular weight excluding hydrogens is 405 g/mol. The van der Waals surface area contributed by atoms with Crippen molar-refractivity contribution in [2.45, 2.75) is 33.3 Å². The highest BCUT2D eigenvalue weighted by Crippen LogP contribution is 2.32. The molecule has 5 nitrogen and oxygen atoms in total. The molecule has 0 aliphatic heterocycles. The summed E-state index contributed by atoms with van der Waals surface area (Å²) in [6.07, 6.45) is 1.26. The van der Waals surface area contributed by atoms with Crippen LogP contribution in [-0.2, 0) is 9.47 Å². The third-order valence-corrected chi connectivity index (χ3v) is 4.82. The average molecular weight is 421 g/mol. The molecule has 2 aromatic heterocycles. The van der Waals surface area contributed by atoms with Gasteiger partial charge in [0.25, 0.3) is 0 Å². The summed E-state index contributed by atoms with van der Waals surface area (Å²) in [6, 6.07) is 1.67. The van der Waals surface area contributed by atoms with Crippen molar-refractivity contribution in [3.8, 4) is 0 Å². The second-order valence-electron chi connectivity index (χ2n) is 5.37. The van der Waals surface area contributed by atoms with Crippen LogP contribution in [0.5, 0.6) is 0 Å². The van der Waals surface area contributed by atoms with Gasteiger partial charge in [0.2, 0.25) is 0 Å². The molecule has 21 heavy (non-hydrogen) atoms. The van der Waals surface area contributed by atoms with Gasteiger partial charge in [-0.25, -0.2) is 9.59 Å². The minimum absolute atomic E-state index is 0.324. The Hall–Kier alpha value is -1.09. The minimum atomic E-state index is -0.570. The van der Waals surface area contributed by atoms with Crippen molar-refractivity contribution in [2.24, 2.45) is 0 Å². The molecule has 2 heterocycles. The number of carbonyl (C=O) groups excluding carboxylic acids is 2. The topological polar surface area (TPSA) is 57.5 Å². The molecule has 2 rings (SSSR count). The molecule has 114 valence electrons. The Bertz CT molecular complexity index is 696. The monoisotopic (exact) mass is 421 g/mol. The van der Waals surface area contributed by atoms with Crippen LogP contribution in [-0.4, -0.2) is 28.8 Å². The Morgan fingerprint density at radius 2 is 2.05 bits per heavy atom. The van der Waals surface area contributed by atoms with Gasteiger partial charge < -0.3 is 9.47 Å². The molecule has 0 spiro atoms. The molecule has 0 unspecified atom stereocenters. The summed E-state index contributed by atoms with van der Waals surface area (Å²) in [7, 11) is 0. The van der Waals surface area contributed by atoms with Crippen LogP contribution >= 0.6 is 33.9 Å². The Balaban J connectivity index is 2.42. The van der Waals surface area contributed by atoms with Crippen LogP contribution in [0.2, 0.25) is 0 Å². The molecule has 0 atom stereocenters. The first-order chi connectivity index (χ1) is 9.73. The fourth-order valence-corrected chi connectivity index (χ4v) is 3.57. The Labute approximate surface area is 140 Å². The zero-order valence-corrected chi connectivity index (χ0v) is 15.2. The number of halogens is 1. The highest BCUT2D eigenvalue weighted by atomic mass is 127. The van der Waals surface area contributed by atoms with Gasteiger partial charge in [-0.1, -0.05) is 0 Å². The highest BCUT2D eigenvalue weighted by molar-refractivity contribution is 14.1. The van der Waals surface area contributed by atoms with E-state index in [-0.39, 0.29) is 5.97 Å². The molecule has 2 aromatic rings. The van der Waals surface area contributed by atoms with Crippen LogP contribution in [0, 0.1) is 3.57 Å². The normalized spacial score (nSPS) is 11.7. The molecule has 0 saturated heterocycles. The van der Waals surface area contributed by atoms with Crippen molar-refractivity contribution < 1.29 is 19.1 Å². The summed E-state index contributed by atoms with van der Waals surface area (Å²) in [4.78, 5) is 24.5. The maximum absolute atomic E-state index is 12.2. The van der Waals surface area contributed by atoms with Gasteiger partial charge in [-0.2, -0.15) is 0 Å². The first-order valence-corrected chi connectivity index (χ1v) is 8.33. The van der Waals surface area contributed by atoms with E-state index in [1.165, 1.54) is 15.9 Å². The molecule has 0 amide bonds. The molecule has 0 N–H and O–H groups in total. The van der Waals surface area contributed by atoms with E-state index in [0.717, 1.165) is 8.27 Å². The first-order valence-electron chi connectivity index (χ1n) is 6.44. The second kappa shape index (κ2) is 5.96. The van der Waals surface area contributed by atoms with E-state index in [4.69, 9.17) is 9.47 Å². The third-order valence-electron chi connectivity index (χ3n) is 2.50. The largest absolute Gasteiger partial charge is 0.462 e. The van der Waals surface area contributed by atoms with Crippen LogP contribution in [0.3, 0.4) is 0 Å². The lowest BCUT2D eigenvalue weighted by Gasteiger charge is -2.19. The van der Waals surface area contributed by atoms with Gasteiger partial charge in [0.15, 0.2) is 0 Å². The number of ether oxygens (including phenoxy) is 2. The molecule has 0 aliphatic carbocycles. The fourth-order valence-electron chi connectivity index (χ4n) is 1.74. The smallest absolute Gasteiger partial charge is 0.419 e. The number of thiophene rings is 1. The highest BCUT2D eigenvalue weighted by Gasteiger charge is 2.23. The predicted molar refractivity (Wildman–Crippen MR) is 90.1 cm³/mol. The number of esters is 1. The first kappa shape index (κ1) is 16.3. The van der Waals surface area contributed by atoms with E-state index in [2.05, 4.69) is 22.6 Å². The molecule has 7 heteroatoms. The lowest BCUT2D eigenvalue weighted by atomic mass is 10.2. The van der Waals surface area contributed by atoms with Gasteiger partial charge in [0.1, 0.15) is 10.5 Å². The number of fused-ring (bicyclic) bond motifs is 1. The molecule has 0 bridgehead atoms. The van der Waals surface area contributed by atoms with Crippen molar-refractivity contribution >= 4 is 56.2 Å². The van der Waals surface area contributed by atoms with Gasteiger partial charge in [-0.15, -0.1) is 11.3 Å². The van der Waals surface area contributed by atoms with Gasteiger partial charge in [-0.3, -0.25) is 4.57 Å². The lowest BCUT2D eigenvalue weighted by Crippen LogP contribution is -2.26. The third kappa shape index (κ3) is 3.57. The van der Waals surface area contributed by atoms with Crippen molar-refractivity contribution in [3.05, 3.63) is 20.7 Å². The SMILES string of the molecule is CCOC(=O)c1cc2c(s1)c(I)cn2C(=O)OC(C)(C)C. The zero-order valence-electron chi connectivity index (χ0n) is 12.2.